The van der Waals surface area contributed by atoms with Crippen molar-refractivity contribution >= 4 is 40.7 Å². The van der Waals surface area contributed by atoms with Crippen LogP contribution < -0.4 is 10.2 Å². The Morgan fingerprint density at radius 2 is 1.92 bits per heavy atom. The van der Waals surface area contributed by atoms with Crippen LogP contribution >= 0.6 is 23.2 Å². The lowest BCUT2D eigenvalue weighted by molar-refractivity contribution is -0.895. The van der Waals surface area contributed by atoms with E-state index in [1.165, 1.54) is 0 Å². The zero-order chi connectivity index (χ0) is 17.8. The van der Waals surface area contributed by atoms with Gasteiger partial charge in [0.1, 0.15) is 6.10 Å². The minimum atomic E-state index is -0.271. The van der Waals surface area contributed by atoms with Gasteiger partial charge in [0.25, 0.3) is 11.8 Å². The third-order valence-corrected chi connectivity index (χ3v) is 5.26. The van der Waals surface area contributed by atoms with Gasteiger partial charge in [-0.2, -0.15) is 0 Å². The number of para-hydroxylation sites is 1. The molecular weight excluding hydrogens is 365 g/mol. The molecule has 1 atom stereocenters. The summed E-state index contributed by atoms with van der Waals surface area (Å²) in [6, 6.07) is 5.10. The molecule has 0 bridgehead atoms. The first kappa shape index (κ1) is 18.5. The van der Waals surface area contributed by atoms with Gasteiger partial charge in [0.15, 0.2) is 6.54 Å². The number of nitrogens with zero attached hydrogens (tertiary/aromatic N) is 1. The number of hydrogen-bond acceptors (Lipinski definition) is 3. The molecule has 2 aliphatic heterocycles. The first-order valence-electron chi connectivity index (χ1n) is 8.52. The standard InChI is InChI=1S/C17H21Cl2N3O3/c18-12-3-1-4-13(19)16(12)20-15(23)11-21-6-8-22(9-7-21)17(24)14-5-2-10-25-14/h1,3-4,14H,2,5-11H2,(H,20,23)/p+1/t14-/m0/s1. The molecule has 0 unspecified atom stereocenters. The number of rotatable bonds is 4. The fraction of sp³-hybridized carbons (Fsp3) is 0.529. The molecule has 0 aromatic heterocycles. The number of benzene rings is 1. The van der Waals surface area contributed by atoms with Gasteiger partial charge in [0, 0.05) is 6.61 Å². The summed E-state index contributed by atoms with van der Waals surface area (Å²) >= 11 is 12.1. The summed E-state index contributed by atoms with van der Waals surface area (Å²) in [5, 5.41) is 3.62. The normalized spacial score (nSPS) is 21.4. The lowest BCUT2D eigenvalue weighted by Gasteiger charge is -2.33. The van der Waals surface area contributed by atoms with E-state index in [1.54, 1.807) is 18.2 Å². The van der Waals surface area contributed by atoms with Crippen LogP contribution in [0.1, 0.15) is 12.8 Å². The Kier molecular flexibility index (Phi) is 6.17. The second-order valence-electron chi connectivity index (χ2n) is 6.40. The summed E-state index contributed by atoms with van der Waals surface area (Å²) < 4.78 is 5.46. The van der Waals surface area contributed by atoms with Crippen LogP contribution in [-0.2, 0) is 14.3 Å². The van der Waals surface area contributed by atoms with Crippen molar-refractivity contribution in [2.45, 2.75) is 18.9 Å². The number of piperazine rings is 1. The number of nitrogens with one attached hydrogen (secondary N) is 2. The Labute approximate surface area is 157 Å². The van der Waals surface area contributed by atoms with Crippen LogP contribution in [0.4, 0.5) is 5.69 Å². The van der Waals surface area contributed by atoms with Gasteiger partial charge in [0.05, 0.1) is 41.9 Å². The van der Waals surface area contributed by atoms with E-state index in [9.17, 15) is 9.59 Å². The average Bonchev–Trinajstić information content (AvgIpc) is 3.13. The number of carbonyl (C=O) groups excluding carboxylic acids is 2. The van der Waals surface area contributed by atoms with E-state index in [0.717, 1.165) is 30.8 Å². The summed E-state index contributed by atoms with van der Waals surface area (Å²) in [5.74, 6) is -0.0484. The monoisotopic (exact) mass is 386 g/mol. The SMILES string of the molecule is O=C(C[NH+]1CCN(C(=O)[C@@H]2CCCO2)CC1)Nc1c(Cl)cccc1Cl. The van der Waals surface area contributed by atoms with E-state index in [4.69, 9.17) is 27.9 Å². The molecular formula is C17H22Cl2N3O3+. The maximum atomic E-state index is 12.3. The van der Waals surface area contributed by atoms with Crippen molar-refractivity contribution in [1.29, 1.82) is 0 Å². The molecule has 2 saturated heterocycles. The number of halogens is 2. The van der Waals surface area contributed by atoms with Crippen molar-refractivity contribution in [3.63, 3.8) is 0 Å². The number of hydrogen-bond donors (Lipinski definition) is 2. The van der Waals surface area contributed by atoms with Crippen molar-refractivity contribution in [1.82, 2.24) is 4.90 Å². The third-order valence-electron chi connectivity index (χ3n) is 4.63. The van der Waals surface area contributed by atoms with E-state index in [2.05, 4.69) is 5.32 Å². The largest absolute Gasteiger partial charge is 0.368 e. The summed E-state index contributed by atoms with van der Waals surface area (Å²) in [7, 11) is 0. The predicted molar refractivity (Wildman–Crippen MR) is 96.2 cm³/mol. The van der Waals surface area contributed by atoms with E-state index >= 15 is 0 Å². The van der Waals surface area contributed by atoms with Crippen LogP contribution in [0.25, 0.3) is 0 Å². The van der Waals surface area contributed by atoms with Gasteiger partial charge in [0.2, 0.25) is 0 Å². The van der Waals surface area contributed by atoms with Gasteiger partial charge < -0.3 is 19.9 Å². The molecule has 136 valence electrons. The highest BCUT2D eigenvalue weighted by atomic mass is 35.5. The molecule has 2 amide bonds. The molecule has 0 radical (unpaired) electrons. The molecule has 2 fully saturated rings. The number of ether oxygens (including phenoxy) is 1. The highest BCUT2D eigenvalue weighted by Crippen LogP contribution is 2.29. The van der Waals surface area contributed by atoms with Gasteiger partial charge in [-0.05, 0) is 25.0 Å². The molecule has 0 saturated carbocycles. The first-order chi connectivity index (χ1) is 12.0. The summed E-state index contributed by atoms with van der Waals surface area (Å²) in [6.07, 6.45) is 1.49. The molecule has 0 aliphatic carbocycles. The number of quaternary nitrogens is 1. The van der Waals surface area contributed by atoms with E-state index in [1.807, 2.05) is 4.90 Å². The smallest absolute Gasteiger partial charge is 0.279 e. The van der Waals surface area contributed by atoms with Gasteiger partial charge in [-0.1, -0.05) is 29.3 Å². The fourth-order valence-electron chi connectivity index (χ4n) is 3.22. The van der Waals surface area contributed by atoms with Crippen LogP contribution in [-0.4, -0.2) is 62.1 Å². The topological polar surface area (TPSA) is 63.1 Å². The number of anilines is 1. The molecule has 2 aliphatic rings. The predicted octanol–water partition coefficient (Wildman–Crippen LogP) is 0.838. The van der Waals surface area contributed by atoms with Crippen LogP contribution in [0.3, 0.4) is 0 Å². The summed E-state index contributed by atoms with van der Waals surface area (Å²) in [5.41, 5.74) is 0.447. The van der Waals surface area contributed by atoms with Crippen LogP contribution in [0, 0.1) is 0 Å². The lowest BCUT2D eigenvalue weighted by Crippen LogP contribution is -3.15. The molecule has 2 N–H and O–H groups in total. The minimum absolute atomic E-state index is 0.0869. The van der Waals surface area contributed by atoms with Gasteiger partial charge >= 0.3 is 0 Å². The van der Waals surface area contributed by atoms with Gasteiger partial charge in [-0.25, -0.2) is 0 Å². The first-order valence-corrected chi connectivity index (χ1v) is 9.28. The molecule has 2 heterocycles. The summed E-state index contributed by atoms with van der Waals surface area (Å²) in [4.78, 5) is 27.6. The van der Waals surface area contributed by atoms with E-state index in [0.29, 0.717) is 42.0 Å². The third kappa shape index (κ3) is 4.64. The Balaban J connectivity index is 1.47. The second kappa shape index (κ2) is 8.36. The maximum Gasteiger partial charge on any atom is 0.279 e. The van der Waals surface area contributed by atoms with Crippen molar-refractivity contribution in [3.8, 4) is 0 Å². The maximum absolute atomic E-state index is 12.3. The fourth-order valence-corrected chi connectivity index (χ4v) is 3.72. The van der Waals surface area contributed by atoms with Crippen molar-refractivity contribution in [2.75, 3.05) is 44.6 Å². The van der Waals surface area contributed by atoms with E-state index < -0.39 is 0 Å². The molecule has 3 rings (SSSR count). The Bertz CT molecular complexity index is 622. The van der Waals surface area contributed by atoms with E-state index in [-0.39, 0.29) is 17.9 Å². The van der Waals surface area contributed by atoms with Crippen LogP contribution in [0.15, 0.2) is 18.2 Å². The Hall–Kier alpha value is -1.34. The van der Waals surface area contributed by atoms with Gasteiger partial charge in [-0.3, -0.25) is 9.59 Å². The number of carbonyl (C=O) groups is 2. The zero-order valence-electron chi connectivity index (χ0n) is 13.9. The van der Waals surface area contributed by atoms with Crippen molar-refractivity contribution < 1.29 is 19.2 Å². The highest BCUT2D eigenvalue weighted by molar-refractivity contribution is 6.39. The van der Waals surface area contributed by atoms with Crippen molar-refractivity contribution in [3.05, 3.63) is 28.2 Å². The van der Waals surface area contributed by atoms with Crippen LogP contribution in [0.5, 0.6) is 0 Å². The van der Waals surface area contributed by atoms with Crippen molar-refractivity contribution in [2.24, 2.45) is 0 Å². The molecule has 1 aromatic carbocycles. The van der Waals surface area contributed by atoms with Gasteiger partial charge in [-0.15, -0.1) is 0 Å². The lowest BCUT2D eigenvalue weighted by atomic mass is 10.2. The number of amides is 2. The molecule has 1 aromatic rings. The Morgan fingerprint density at radius 3 is 2.52 bits per heavy atom. The molecule has 6 nitrogen and oxygen atoms in total. The zero-order valence-corrected chi connectivity index (χ0v) is 15.4. The second-order valence-corrected chi connectivity index (χ2v) is 7.21. The van der Waals surface area contributed by atoms with Crippen LogP contribution in [0.2, 0.25) is 10.0 Å². The molecule has 0 spiro atoms. The average molecular weight is 387 g/mol. The molecule has 8 heteroatoms. The Morgan fingerprint density at radius 1 is 1.24 bits per heavy atom. The minimum Gasteiger partial charge on any atom is -0.368 e. The highest BCUT2D eigenvalue weighted by Gasteiger charge is 2.32. The quantitative estimate of drug-likeness (QED) is 0.805. The molecule has 25 heavy (non-hydrogen) atoms. The summed E-state index contributed by atoms with van der Waals surface area (Å²) in [6.45, 7) is 3.77.